The molecule has 0 spiro atoms. The molecular formula is C20H22F3NO4. The van der Waals surface area contributed by atoms with Crippen molar-refractivity contribution in [1.82, 2.24) is 5.32 Å². The lowest BCUT2D eigenvalue weighted by Crippen LogP contribution is -2.25. The lowest BCUT2D eigenvalue weighted by atomic mass is 10.1. The molecule has 2 aromatic rings. The van der Waals surface area contributed by atoms with E-state index in [1.54, 1.807) is 12.1 Å². The molecule has 2 aromatic carbocycles. The van der Waals surface area contributed by atoms with E-state index in [9.17, 15) is 23.1 Å². The van der Waals surface area contributed by atoms with Crippen LogP contribution in [0.4, 0.5) is 13.2 Å². The third-order valence-corrected chi connectivity index (χ3v) is 3.92. The van der Waals surface area contributed by atoms with E-state index in [1.165, 1.54) is 12.1 Å². The van der Waals surface area contributed by atoms with Gasteiger partial charge in [0.05, 0.1) is 6.61 Å². The Balaban J connectivity index is 1.79. The second-order valence-electron chi connectivity index (χ2n) is 6.13. The summed E-state index contributed by atoms with van der Waals surface area (Å²) in [5.41, 5.74) is 1.97. The number of alkyl halides is 3. The van der Waals surface area contributed by atoms with Crippen molar-refractivity contribution in [1.29, 1.82) is 0 Å². The number of rotatable bonds is 8. The van der Waals surface area contributed by atoms with Crippen molar-refractivity contribution in [3.63, 3.8) is 0 Å². The van der Waals surface area contributed by atoms with Crippen LogP contribution in [0.2, 0.25) is 0 Å². The Morgan fingerprint density at radius 3 is 2.46 bits per heavy atom. The van der Waals surface area contributed by atoms with Gasteiger partial charge in [-0.3, -0.25) is 4.79 Å². The van der Waals surface area contributed by atoms with E-state index in [-0.39, 0.29) is 17.1 Å². The summed E-state index contributed by atoms with van der Waals surface area (Å²) in [5.74, 6) is 0.148. The van der Waals surface area contributed by atoms with Crippen molar-refractivity contribution in [2.24, 2.45) is 0 Å². The third kappa shape index (κ3) is 6.37. The number of phenols is 1. The van der Waals surface area contributed by atoms with Crippen molar-refractivity contribution < 1.29 is 32.5 Å². The van der Waals surface area contributed by atoms with Crippen molar-refractivity contribution in [3.8, 4) is 17.2 Å². The van der Waals surface area contributed by atoms with Gasteiger partial charge in [0.1, 0.15) is 17.2 Å². The fourth-order valence-electron chi connectivity index (χ4n) is 2.65. The molecule has 0 aliphatic heterocycles. The van der Waals surface area contributed by atoms with Gasteiger partial charge >= 0.3 is 6.36 Å². The molecular weight excluding hydrogens is 375 g/mol. The quantitative estimate of drug-likeness (QED) is 0.650. The first-order valence-corrected chi connectivity index (χ1v) is 8.79. The zero-order chi connectivity index (χ0) is 20.7. The molecule has 152 valence electrons. The second kappa shape index (κ2) is 9.34. The molecule has 2 rings (SSSR count). The first-order chi connectivity index (χ1) is 13.2. The molecule has 0 aromatic heterocycles. The van der Waals surface area contributed by atoms with Gasteiger partial charge in [0.25, 0.3) is 5.91 Å². The lowest BCUT2D eigenvalue weighted by Gasteiger charge is -2.14. The average molecular weight is 397 g/mol. The van der Waals surface area contributed by atoms with Crippen LogP contribution in [0.3, 0.4) is 0 Å². The number of aryl methyl sites for hydroxylation is 2. The molecule has 5 nitrogen and oxygen atoms in total. The SMILES string of the molecule is CCc1cc(O)cc(C)c1OCCCNC(=O)c1ccc(OC(F)(F)F)cc1. The van der Waals surface area contributed by atoms with Crippen LogP contribution in [0, 0.1) is 6.92 Å². The highest BCUT2D eigenvalue weighted by Gasteiger charge is 2.31. The zero-order valence-corrected chi connectivity index (χ0v) is 15.6. The van der Waals surface area contributed by atoms with Crippen molar-refractivity contribution in [3.05, 3.63) is 53.1 Å². The van der Waals surface area contributed by atoms with E-state index in [1.807, 2.05) is 13.8 Å². The van der Waals surface area contributed by atoms with Gasteiger partial charge in [-0.2, -0.15) is 0 Å². The fourth-order valence-corrected chi connectivity index (χ4v) is 2.65. The highest BCUT2D eigenvalue weighted by molar-refractivity contribution is 5.94. The van der Waals surface area contributed by atoms with Crippen molar-refractivity contribution >= 4 is 5.91 Å². The van der Waals surface area contributed by atoms with Crippen LogP contribution in [-0.2, 0) is 6.42 Å². The van der Waals surface area contributed by atoms with E-state index in [0.29, 0.717) is 19.6 Å². The summed E-state index contributed by atoms with van der Waals surface area (Å²) in [7, 11) is 0. The van der Waals surface area contributed by atoms with Crippen molar-refractivity contribution in [2.75, 3.05) is 13.2 Å². The van der Waals surface area contributed by atoms with E-state index in [2.05, 4.69) is 10.1 Å². The standard InChI is InChI=1S/C20H22F3NO4/c1-3-14-12-16(25)11-13(2)18(14)27-10-4-9-24-19(26)15-5-7-17(8-6-15)28-20(21,22)23/h5-8,11-12,25H,3-4,9-10H2,1-2H3,(H,24,26). The normalized spacial score (nSPS) is 11.2. The summed E-state index contributed by atoms with van der Waals surface area (Å²) in [4.78, 5) is 12.0. The minimum atomic E-state index is -4.77. The number of benzene rings is 2. The number of hydrogen-bond acceptors (Lipinski definition) is 4. The number of ether oxygens (including phenoxy) is 2. The Kier molecular flexibility index (Phi) is 7.14. The highest BCUT2D eigenvalue weighted by atomic mass is 19.4. The molecule has 28 heavy (non-hydrogen) atoms. The molecule has 0 unspecified atom stereocenters. The van der Waals surface area contributed by atoms with E-state index in [0.717, 1.165) is 35.4 Å². The number of phenolic OH excluding ortho intramolecular Hbond substituents is 1. The van der Waals surface area contributed by atoms with Crippen LogP contribution in [0.5, 0.6) is 17.2 Å². The van der Waals surface area contributed by atoms with Gasteiger partial charge in [0.15, 0.2) is 0 Å². The molecule has 1 amide bonds. The molecule has 0 bridgehead atoms. The molecule has 0 heterocycles. The maximum absolute atomic E-state index is 12.1. The number of carbonyl (C=O) groups excluding carboxylic acids is 1. The van der Waals surface area contributed by atoms with E-state index >= 15 is 0 Å². The predicted octanol–water partition coefficient (Wildman–Crippen LogP) is 4.36. The van der Waals surface area contributed by atoms with Crippen LogP contribution in [-0.4, -0.2) is 30.5 Å². The van der Waals surface area contributed by atoms with Gasteiger partial charge in [-0.25, -0.2) is 0 Å². The fraction of sp³-hybridized carbons (Fsp3) is 0.350. The number of carbonyl (C=O) groups is 1. The average Bonchev–Trinajstić information content (AvgIpc) is 2.61. The summed E-state index contributed by atoms with van der Waals surface area (Å²) >= 11 is 0. The van der Waals surface area contributed by atoms with Gasteiger partial charge in [-0.15, -0.1) is 13.2 Å². The van der Waals surface area contributed by atoms with Gasteiger partial charge in [-0.1, -0.05) is 6.92 Å². The Morgan fingerprint density at radius 2 is 1.86 bits per heavy atom. The van der Waals surface area contributed by atoms with Gasteiger partial charge in [-0.05, 0) is 67.3 Å². The lowest BCUT2D eigenvalue weighted by molar-refractivity contribution is -0.274. The maximum Gasteiger partial charge on any atom is 0.573 e. The Hall–Kier alpha value is -2.90. The molecule has 0 fully saturated rings. The zero-order valence-electron chi connectivity index (χ0n) is 15.6. The Morgan fingerprint density at radius 1 is 1.18 bits per heavy atom. The van der Waals surface area contributed by atoms with Crippen LogP contribution in [0.15, 0.2) is 36.4 Å². The summed E-state index contributed by atoms with van der Waals surface area (Å²) in [6.07, 6.45) is -3.50. The first kappa shape index (κ1) is 21.4. The summed E-state index contributed by atoms with van der Waals surface area (Å²) in [6.45, 7) is 4.53. The molecule has 2 N–H and O–H groups in total. The smallest absolute Gasteiger partial charge is 0.508 e. The Bertz CT molecular complexity index is 804. The first-order valence-electron chi connectivity index (χ1n) is 8.79. The van der Waals surface area contributed by atoms with Crippen molar-refractivity contribution in [2.45, 2.75) is 33.1 Å². The maximum atomic E-state index is 12.1. The largest absolute Gasteiger partial charge is 0.573 e. The number of halogens is 3. The molecule has 0 radical (unpaired) electrons. The van der Waals surface area contributed by atoms with Gasteiger partial charge in [0.2, 0.25) is 0 Å². The number of aromatic hydroxyl groups is 1. The summed E-state index contributed by atoms with van der Waals surface area (Å²) < 4.78 is 45.9. The number of hydrogen-bond donors (Lipinski definition) is 2. The number of nitrogens with one attached hydrogen (secondary N) is 1. The van der Waals surface area contributed by atoms with E-state index < -0.39 is 12.3 Å². The monoisotopic (exact) mass is 397 g/mol. The minimum absolute atomic E-state index is 0.195. The van der Waals surface area contributed by atoms with Gasteiger partial charge < -0.3 is 19.9 Å². The van der Waals surface area contributed by atoms with Crippen LogP contribution in [0.25, 0.3) is 0 Å². The minimum Gasteiger partial charge on any atom is -0.508 e. The van der Waals surface area contributed by atoms with Crippen LogP contribution in [0.1, 0.15) is 34.8 Å². The molecule has 0 aliphatic carbocycles. The molecule has 0 saturated heterocycles. The topological polar surface area (TPSA) is 67.8 Å². The Labute approximate surface area is 161 Å². The highest BCUT2D eigenvalue weighted by Crippen LogP contribution is 2.29. The molecule has 0 atom stereocenters. The molecule has 0 saturated carbocycles. The molecule has 8 heteroatoms. The van der Waals surface area contributed by atoms with E-state index in [4.69, 9.17) is 4.74 Å². The molecule has 0 aliphatic rings. The number of amides is 1. The summed E-state index contributed by atoms with van der Waals surface area (Å²) in [5, 5.41) is 12.3. The van der Waals surface area contributed by atoms with Crippen LogP contribution >= 0.6 is 0 Å². The predicted molar refractivity (Wildman–Crippen MR) is 97.8 cm³/mol. The third-order valence-electron chi connectivity index (χ3n) is 3.92. The second-order valence-corrected chi connectivity index (χ2v) is 6.13. The van der Waals surface area contributed by atoms with Gasteiger partial charge in [0, 0.05) is 12.1 Å². The van der Waals surface area contributed by atoms with Crippen LogP contribution < -0.4 is 14.8 Å². The summed E-state index contributed by atoms with van der Waals surface area (Å²) in [6, 6.07) is 8.00.